The number of hydrogen-bond donors (Lipinski definition) is 0. The van der Waals surface area contributed by atoms with Crippen LogP contribution in [-0.2, 0) is 9.59 Å². The quantitative estimate of drug-likeness (QED) is 0.263. The summed E-state index contributed by atoms with van der Waals surface area (Å²) in [5, 5.41) is 10.9. The summed E-state index contributed by atoms with van der Waals surface area (Å²) in [5.41, 5.74) is 0.134. The second-order valence-electron chi connectivity index (χ2n) is 5.62. The maximum atomic E-state index is 12.3. The third-order valence-corrected chi connectivity index (χ3v) is 3.63. The zero-order chi connectivity index (χ0) is 18.2. The van der Waals surface area contributed by atoms with Gasteiger partial charge in [0.25, 0.3) is 5.69 Å². The van der Waals surface area contributed by atoms with Gasteiger partial charge in [-0.3, -0.25) is 29.4 Å². The highest BCUT2D eigenvalue weighted by molar-refractivity contribution is 6.45. The molecule has 1 aromatic carbocycles. The lowest BCUT2D eigenvalue weighted by Crippen LogP contribution is -2.39. The van der Waals surface area contributed by atoms with E-state index in [1.807, 2.05) is 0 Å². The maximum absolute atomic E-state index is 12.3. The van der Waals surface area contributed by atoms with E-state index in [0.29, 0.717) is 10.5 Å². The van der Waals surface area contributed by atoms with Crippen molar-refractivity contribution in [3.05, 3.63) is 39.4 Å². The van der Waals surface area contributed by atoms with Crippen LogP contribution in [0.5, 0.6) is 0 Å². The van der Waals surface area contributed by atoms with E-state index in [1.54, 1.807) is 13.8 Å². The Hall–Kier alpha value is -3.10. The zero-order valence-corrected chi connectivity index (χ0v) is 13.3. The molecule has 126 valence electrons. The monoisotopic (exact) mass is 333 g/mol. The van der Waals surface area contributed by atoms with Crippen molar-refractivity contribution in [2.24, 2.45) is 0 Å². The van der Waals surface area contributed by atoms with Crippen LogP contribution >= 0.6 is 0 Å². The van der Waals surface area contributed by atoms with Crippen molar-refractivity contribution in [2.75, 3.05) is 6.54 Å². The Morgan fingerprint density at radius 3 is 2.33 bits per heavy atom. The summed E-state index contributed by atoms with van der Waals surface area (Å²) >= 11 is 0. The van der Waals surface area contributed by atoms with Crippen LogP contribution in [0, 0.1) is 17.0 Å². The van der Waals surface area contributed by atoms with Gasteiger partial charge in [-0.2, -0.15) is 0 Å². The molecule has 24 heavy (non-hydrogen) atoms. The number of hydrogen-bond acceptors (Lipinski definition) is 6. The van der Waals surface area contributed by atoms with E-state index in [-0.39, 0.29) is 11.3 Å². The fraction of sp³-hybridized carbons (Fsp3) is 0.333. The number of ketones is 1. The summed E-state index contributed by atoms with van der Waals surface area (Å²) in [6.07, 6.45) is 0. The molecule has 0 unspecified atom stereocenters. The third-order valence-electron chi connectivity index (χ3n) is 3.63. The average Bonchev–Trinajstić information content (AvgIpc) is 2.71. The summed E-state index contributed by atoms with van der Waals surface area (Å²) in [6, 6.07) is 2.48. The highest BCUT2D eigenvalue weighted by atomic mass is 16.6. The minimum Gasteiger partial charge on any atom is -0.292 e. The first kappa shape index (κ1) is 17.3. The lowest BCUT2D eigenvalue weighted by molar-refractivity contribution is -0.385. The summed E-state index contributed by atoms with van der Waals surface area (Å²) in [6.45, 7) is 4.02. The van der Waals surface area contributed by atoms with Crippen LogP contribution in [0.4, 0.5) is 10.5 Å². The van der Waals surface area contributed by atoms with E-state index in [2.05, 4.69) is 0 Å². The van der Waals surface area contributed by atoms with Crippen LogP contribution in [0.2, 0.25) is 0 Å². The van der Waals surface area contributed by atoms with Gasteiger partial charge in [0, 0.05) is 23.2 Å². The standard InChI is InChI=1S/C15H15N3O6/c1-8(2)17-14(21)13(20)16(15(17)22)7-12(19)10-5-4-9(3)11(6-10)18(23)24/h4-6,8H,7H2,1-3H3. The molecule has 0 atom stereocenters. The SMILES string of the molecule is Cc1ccc(C(=O)CN2C(=O)C(=O)N(C(C)C)C2=O)cc1[N+](=O)[O-]. The van der Waals surface area contributed by atoms with Crippen LogP contribution in [0.1, 0.15) is 29.8 Å². The van der Waals surface area contributed by atoms with Crippen LogP contribution in [-0.4, -0.2) is 50.9 Å². The molecule has 1 aliphatic rings. The Kier molecular flexibility index (Phi) is 4.45. The molecule has 0 radical (unpaired) electrons. The molecular weight excluding hydrogens is 318 g/mol. The molecule has 0 spiro atoms. The number of nitrogens with zero attached hydrogens (tertiary/aromatic N) is 3. The number of nitro benzene ring substituents is 1. The predicted molar refractivity (Wildman–Crippen MR) is 81.3 cm³/mol. The number of rotatable bonds is 5. The van der Waals surface area contributed by atoms with Gasteiger partial charge in [-0.25, -0.2) is 9.69 Å². The highest BCUT2D eigenvalue weighted by Gasteiger charge is 2.46. The van der Waals surface area contributed by atoms with E-state index in [1.165, 1.54) is 19.1 Å². The van der Waals surface area contributed by atoms with Gasteiger partial charge >= 0.3 is 17.8 Å². The van der Waals surface area contributed by atoms with Crippen LogP contribution in [0.25, 0.3) is 0 Å². The fourth-order valence-electron chi connectivity index (χ4n) is 2.33. The zero-order valence-electron chi connectivity index (χ0n) is 13.3. The van der Waals surface area contributed by atoms with E-state index >= 15 is 0 Å². The second kappa shape index (κ2) is 6.19. The first-order valence-corrected chi connectivity index (χ1v) is 7.12. The lowest BCUT2D eigenvalue weighted by atomic mass is 10.1. The molecule has 9 heteroatoms. The van der Waals surface area contributed by atoms with Crippen molar-refractivity contribution >= 4 is 29.3 Å². The normalized spacial score (nSPS) is 14.8. The van der Waals surface area contributed by atoms with Gasteiger partial charge in [0.15, 0.2) is 5.78 Å². The van der Waals surface area contributed by atoms with Crippen molar-refractivity contribution in [3.8, 4) is 0 Å². The predicted octanol–water partition coefficient (Wildman–Crippen LogP) is 1.29. The second-order valence-corrected chi connectivity index (χ2v) is 5.62. The molecule has 4 amide bonds. The number of carbonyl (C=O) groups is 4. The molecule has 0 aromatic heterocycles. The lowest BCUT2D eigenvalue weighted by Gasteiger charge is -2.18. The van der Waals surface area contributed by atoms with E-state index in [4.69, 9.17) is 0 Å². The number of amides is 4. The Labute approximate surface area is 137 Å². The number of Topliss-reactive ketones (excluding diaryl/α,β-unsaturated/α-hetero) is 1. The average molecular weight is 333 g/mol. The Balaban J connectivity index is 2.26. The molecule has 1 fully saturated rings. The van der Waals surface area contributed by atoms with Crippen molar-refractivity contribution < 1.29 is 24.1 Å². The van der Waals surface area contributed by atoms with Crippen LogP contribution < -0.4 is 0 Å². The molecule has 1 heterocycles. The Bertz CT molecular complexity index is 770. The first-order chi connectivity index (χ1) is 11.1. The number of imide groups is 2. The van der Waals surface area contributed by atoms with Gasteiger partial charge in [0.05, 0.1) is 11.5 Å². The molecule has 0 N–H and O–H groups in total. The van der Waals surface area contributed by atoms with Gasteiger partial charge in [-0.15, -0.1) is 0 Å². The summed E-state index contributed by atoms with van der Waals surface area (Å²) in [7, 11) is 0. The van der Waals surface area contributed by atoms with Gasteiger partial charge in [-0.05, 0) is 20.8 Å². The van der Waals surface area contributed by atoms with E-state index < -0.39 is 41.1 Å². The van der Waals surface area contributed by atoms with Gasteiger partial charge in [-0.1, -0.05) is 12.1 Å². The molecule has 0 aliphatic carbocycles. The highest BCUT2D eigenvalue weighted by Crippen LogP contribution is 2.21. The number of aryl methyl sites for hydroxylation is 1. The van der Waals surface area contributed by atoms with Gasteiger partial charge in [0.1, 0.15) is 0 Å². The fourth-order valence-corrected chi connectivity index (χ4v) is 2.33. The molecule has 1 aliphatic heterocycles. The molecule has 2 rings (SSSR count). The molecule has 0 bridgehead atoms. The van der Waals surface area contributed by atoms with Gasteiger partial charge < -0.3 is 0 Å². The molecular formula is C15H15N3O6. The molecule has 9 nitrogen and oxygen atoms in total. The van der Waals surface area contributed by atoms with E-state index in [9.17, 15) is 29.3 Å². The van der Waals surface area contributed by atoms with Crippen molar-refractivity contribution in [1.82, 2.24) is 9.80 Å². The number of benzene rings is 1. The number of carbonyl (C=O) groups excluding carboxylic acids is 4. The number of nitro groups is 1. The maximum Gasteiger partial charge on any atom is 0.334 e. The Morgan fingerprint density at radius 2 is 1.83 bits per heavy atom. The topological polar surface area (TPSA) is 118 Å². The van der Waals surface area contributed by atoms with E-state index in [0.717, 1.165) is 11.0 Å². The van der Waals surface area contributed by atoms with Gasteiger partial charge in [0.2, 0.25) is 0 Å². The minimum atomic E-state index is -1.08. The largest absolute Gasteiger partial charge is 0.334 e. The van der Waals surface area contributed by atoms with Crippen molar-refractivity contribution in [2.45, 2.75) is 26.8 Å². The third kappa shape index (κ3) is 2.87. The summed E-state index contributed by atoms with van der Waals surface area (Å²) in [4.78, 5) is 59.7. The molecule has 1 aromatic rings. The van der Waals surface area contributed by atoms with Crippen LogP contribution in [0.15, 0.2) is 18.2 Å². The summed E-state index contributed by atoms with van der Waals surface area (Å²) in [5.74, 6) is -2.74. The first-order valence-electron chi connectivity index (χ1n) is 7.12. The number of urea groups is 1. The Morgan fingerprint density at radius 1 is 1.21 bits per heavy atom. The smallest absolute Gasteiger partial charge is 0.292 e. The molecule has 1 saturated heterocycles. The summed E-state index contributed by atoms with van der Waals surface area (Å²) < 4.78 is 0. The van der Waals surface area contributed by atoms with Crippen LogP contribution in [0.3, 0.4) is 0 Å². The molecule has 0 saturated carbocycles. The van der Waals surface area contributed by atoms with Crippen molar-refractivity contribution in [3.63, 3.8) is 0 Å². The minimum absolute atomic E-state index is 0.0108. The van der Waals surface area contributed by atoms with Crippen molar-refractivity contribution in [1.29, 1.82) is 0 Å².